The maximum Gasteiger partial charge on any atom is 0.122 e. The number of nitrogens with zero attached hydrogens (tertiary/aromatic N) is 1. The van der Waals surface area contributed by atoms with Crippen molar-refractivity contribution in [3.05, 3.63) is 45.9 Å². The van der Waals surface area contributed by atoms with E-state index in [0.29, 0.717) is 13.0 Å². The topological polar surface area (TPSA) is 42.4 Å². The number of ether oxygens (including phenoxy) is 1. The van der Waals surface area contributed by atoms with E-state index in [9.17, 15) is 5.11 Å². The Morgan fingerprint density at radius 1 is 1.47 bits per heavy atom. The van der Waals surface area contributed by atoms with E-state index < -0.39 is 6.10 Å². The molecule has 4 heteroatoms. The predicted octanol–water partition coefficient (Wildman–Crippen LogP) is 2.92. The van der Waals surface area contributed by atoms with Crippen LogP contribution in [0.25, 0.3) is 0 Å². The first kappa shape index (κ1) is 12.6. The van der Waals surface area contributed by atoms with Gasteiger partial charge in [-0.25, -0.2) is 4.98 Å². The molecule has 0 aliphatic carbocycles. The third kappa shape index (κ3) is 2.65. The number of hydrogen-bond donors (Lipinski definition) is 1. The Morgan fingerprint density at radius 2 is 2.32 bits per heavy atom. The summed E-state index contributed by atoms with van der Waals surface area (Å²) in [7, 11) is 0. The Hall–Kier alpha value is -1.39. The molecule has 1 N–H and O–H groups in total. The molecule has 100 valence electrons. The summed E-state index contributed by atoms with van der Waals surface area (Å²) in [6.07, 6.45) is 1.09. The van der Waals surface area contributed by atoms with Crippen LogP contribution in [0.3, 0.4) is 0 Å². The molecule has 2 atom stereocenters. The molecule has 0 saturated carbocycles. The zero-order chi connectivity index (χ0) is 13.2. The SMILES string of the molecule is Cc1csc(CC(O)C2CCOc3ccccc32)n1. The monoisotopic (exact) mass is 275 g/mol. The van der Waals surface area contributed by atoms with Crippen molar-refractivity contribution in [3.8, 4) is 5.75 Å². The van der Waals surface area contributed by atoms with Crippen LogP contribution in [-0.2, 0) is 6.42 Å². The van der Waals surface area contributed by atoms with Crippen molar-refractivity contribution in [1.29, 1.82) is 0 Å². The molecule has 1 aliphatic rings. The smallest absolute Gasteiger partial charge is 0.122 e. The number of aromatic nitrogens is 1. The lowest BCUT2D eigenvalue weighted by atomic mass is 9.87. The second-order valence-electron chi connectivity index (χ2n) is 4.94. The van der Waals surface area contributed by atoms with Crippen LogP contribution in [0.4, 0.5) is 0 Å². The number of aliphatic hydroxyl groups is 1. The lowest BCUT2D eigenvalue weighted by Gasteiger charge is -2.29. The van der Waals surface area contributed by atoms with Gasteiger partial charge in [0.25, 0.3) is 0 Å². The maximum atomic E-state index is 10.5. The predicted molar refractivity (Wildman–Crippen MR) is 75.9 cm³/mol. The van der Waals surface area contributed by atoms with E-state index in [4.69, 9.17) is 4.74 Å². The minimum atomic E-state index is -0.393. The van der Waals surface area contributed by atoms with Gasteiger partial charge in [0.15, 0.2) is 0 Å². The lowest BCUT2D eigenvalue weighted by molar-refractivity contribution is 0.116. The van der Waals surface area contributed by atoms with Crippen LogP contribution >= 0.6 is 11.3 Å². The van der Waals surface area contributed by atoms with Gasteiger partial charge in [0, 0.05) is 23.4 Å². The van der Waals surface area contributed by atoms with Gasteiger partial charge in [-0.2, -0.15) is 0 Å². The number of aryl methyl sites for hydroxylation is 1. The summed E-state index contributed by atoms with van der Waals surface area (Å²) in [5.74, 6) is 1.06. The normalized spacial score (nSPS) is 19.6. The van der Waals surface area contributed by atoms with E-state index in [1.807, 2.05) is 30.5 Å². The van der Waals surface area contributed by atoms with E-state index in [1.54, 1.807) is 11.3 Å². The molecule has 1 aliphatic heterocycles. The number of benzene rings is 1. The summed E-state index contributed by atoms with van der Waals surface area (Å²) in [6.45, 7) is 2.66. The molecule has 0 bridgehead atoms. The minimum absolute atomic E-state index is 0.147. The first-order valence-corrected chi connectivity index (χ1v) is 7.43. The highest BCUT2D eigenvalue weighted by Gasteiger charge is 2.28. The van der Waals surface area contributed by atoms with Crippen molar-refractivity contribution in [2.24, 2.45) is 0 Å². The number of thiazole rings is 1. The van der Waals surface area contributed by atoms with Crippen LogP contribution < -0.4 is 4.74 Å². The Labute approximate surface area is 116 Å². The Kier molecular flexibility index (Phi) is 3.53. The first-order chi connectivity index (χ1) is 9.24. The van der Waals surface area contributed by atoms with Gasteiger partial charge in [-0.3, -0.25) is 0 Å². The fraction of sp³-hybridized carbons (Fsp3) is 0.400. The number of para-hydroxylation sites is 1. The van der Waals surface area contributed by atoms with Crippen LogP contribution in [0.2, 0.25) is 0 Å². The zero-order valence-electron chi connectivity index (χ0n) is 10.9. The van der Waals surface area contributed by atoms with Crippen molar-refractivity contribution >= 4 is 11.3 Å². The van der Waals surface area contributed by atoms with Gasteiger partial charge in [0.05, 0.1) is 17.7 Å². The van der Waals surface area contributed by atoms with Crippen LogP contribution in [-0.4, -0.2) is 22.8 Å². The standard InChI is InChI=1S/C15H17NO2S/c1-10-9-19-15(16-10)8-13(17)11-6-7-18-14-5-3-2-4-12(11)14/h2-5,9,11,13,17H,6-8H2,1H3. The molecule has 2 aromatic rings. The van der Waals surface area contributed by atoms with Gasteiger partial charge in [-0.05, 0) is 25.0 Å². The Bertz CT molecular complexity index is 567. The van der Waals surface area contributed by atoms with Crippen molar-refractivity contribution in [1.82, 2.24) is 4.98 Å². The summed E-state index contributed by atoms with van der Waals surface area (Å²) in [4.78, 5) is 4.43. The number of aliphatic hydroxyl groups excluding tert-OH is 1. The second kappa shape index (κ2) is 5.31. The quantitative estimate of drug-likeness (QED) is 0.936. The molecule has 3 rings (SSSR count). The lowest BCUT2D eigenvalue weighted by Crippen LogP contribution is -2.26. The van der Waals surface area contributed by atoms with Crippen molar-refractivity contribution in [3.63, 3.8) is 0 Å². The molecule has 0 radical (unpaired) electrons. The summed E-state index contributed by atoms with van der Waals surface area (Å²) in [6, 6.07) is 8.00. The molecule has 1 aromatic carbocycles. The molecule has 0 spiro atoms. The third-order valence-corrected chi connectivity index (χ3v) is 4.51. The van der Waals surface area contributed by atoms with Crippen molar-refractivity contribution in [2.45, 2.75) is 31.8 Å². The van der Waals surface area contributed by atoms with Crippen LogP contribution in [0.15, 0.2) is 29.6 Å². The average molecular weight is 275 g/mol. The fourth-order valence-corrected chi connectivity index (χ4v) is 3.41. The molecular weight excluding hydrogens is 258 g/mol. The first-order valence-electron chi connectivity index (χ1n) is 6.55. The molecule has 2 unspecified atom stereocenters. The highest BCUT2D eigenvalue weighted by atomic mass is 32.1. The molecule has 3 nitrogen and oxygen atoms in total. The molecule has 19 heavy (non-hydrogen) atoms. The summed E-state index contributed by atoms with van der Waals surface area (Å²) < 4.78 is 5.63. The summed E-state index contributed by atoms with van der Waals surface area (Å²) >= 11 is 1.62. The van der Waals surface area contributed by atoms with E-state index >= 15 is 0 Å². The van der Waals surface area contributed by atoms with E-state index in [1.165, 1.54) is 0 Å². The second-order valence-corrected chi connectivity index (χ2v) is 5.88. The molecule has 0 fully saturated rings. The zero-order valence-corrected chi connectivity index (χ0v) is 11.7. The van der Waals surface area contributed by atoms with Crippen LogP contribution in [0, 0.1) is 6.92 Å². The van der Waals surface area contributed by atoms with E-state index in [-0.39, 0.29) is 5.92 Å². The van der Waals surface area contributed by atoms with Gasteiger partial charge < -0.3 is 9.84 Å². The molecule has 0 amide bonds. The van der Waals surface area contributed by atoms with Gasteiger partial charge >= 0.3 is 0 Å². The van der Waals surface area contributed by atoms with E-state index in [2.05, 4.69) is 11.1 Å². The highest BCUT2D eigenvalue weighted by molar-refractivity contribution is 7.09. The minimum Gasteiger partial charge on any atom is -0.493 e. The average Bonchev–Trinajstić information content (AvgIpc) is 2.83. The Morgan fingerprint density at radius 3 is 3.11 bits per heavy atom. The molecule has 2 heterocycles. The Balaban J connectivity index is 1.79. The molecule has 1 aromatic heterocycles. The van der Waals surface area contributed by atoms with Gasteiger partial charge in [-0.15, -0.1) is 11.3 Å². The van der Waals surface area contributed by atoms with Crippen LogP contribution in [0.1, 0.15) is 28.6 Å². The largest absolute Gasteiger partial charge is 0.493 e. The van der Waals surface area contributed by atoms with Crippen molar-refractivity contribution in [2.75, 3.05) is 6.61 Å². The maximum absolute atomic E-state index is 10.5. The number of rotatable bonds is 3. The number of hydrogen-bond acceptors (Lipinski definition) is 4. The highest BCUT2D eigenvalue weighted by Crippen LogP contribution is 2.36. The summed E-state index contributed by atoms with van der Waals surface area (Å²) in [5.41, 5.74) is 2.15. The third-order valence-electron chi connectivity index (χ3n) is 3.52. The van der Waals surface area contributed by atoms with Crippen LogP contribution in [0.5, 0.6) is 5.75 Å². The summed E-state index contributed by atoms with van der Waals surface area (Å²) in [5, 5.41) is 13.5. The number of fused-ring (bicyclic) bond motifs is 1. The fourth-order valence-electron chi connectivity index (χ4n) is 2.59. The molecular formula is C15H17NO2S. The van der Waals surface area contributed by atoms with Gasteiger partial charge in [0.2, 0.25) is 0 Å². The van der Waals surface area contributed by atoms with Gasteiger partial charge in [0.1, 0.15) is 5.75 Å². The van der Waals surface area contributed by atoms with Crippen molar-refractivity contribution < 1.29 is 9.84 Å². The van der Waals surface area contributed by atoms with Gasteiger partial charge in [-0.1, -0.05) is 18.2 Å². The molecule has 0 saturated heterocycles. The van der Waals surface area contributed by atoms with E-state index in [0.717, 1.165) is 28.4 Å².